The standard InChI is InChI=1S/C44H80N/c1-4-6-8-10-12-14-16-18-20-22-24-26-28-30-32-37-41-45(3,43-44-39-35-34-36-40-44)42-38-33-31-29-27-25-23-21-19-17-15-13-11-9-7-5-2/h18-21,34-36,39-40H,4-17,22-33,37-38,41-43H2,1-3H3/q+1/b20-18-,21-19-. The van der Waals surface area contributed by atoms with E-state index in [0.29, 0.717) is 0 Å². The van der Waals surface area contributed by atoms with Gasteiger partial charge in [-0.3, -0.25) is 0 Å². The van der Waals surface area contributed by atoms with Crippen molar-refractivity contribution in [3.63, 3.8) is 0 Å². The first-order chi connectivity index (χ1) is 22.2. The van der Waals surface area contributed by atoms with Gasteiger partial charge in [0.05, 0.1) is 20.1 Å². The maximum absolute atomic E-state index is 2.53. The van der Waals surface area contributed by atoms with E-state index in [9.17, 15) is 0 Å². The first kappa shape index (κ1) is 41.7. The van der Waals surface area contributed by atoms with Gasteiger partial charge in [-0.1, -0.05) is 171 Å². The van der Waals surface area contributed by atoms with Crippen molar-refractivity contribution < 1.29 is 4.48 Å². The molecule has 0 aliphatic heterocycles. The Balaban J connectivity index is 2.11. The van der Waals surface area contributed by atoms with E-state index in [1.54, 1.807) is 0 Å². The number of quaternary nitrogens is 1. The van der Waals surface area contributed by atoms with Crippen LogP contribution in [0.3, 0.4) is 0 Å². The molecule has 0 amide bonds. The Morgan fingerprint density at radius 1 is 0.400 bits per heavy atom. The highest BCUT2D eigenvalue weighted by molar-refractivity contribution is 5.13. The molecule has 1 aromatic carbocycles. The Labute approximate surface area is 284 Å². The Hall–Kier alpha value is -1.34. The summed E-state index contributed by atoms with van der Waals surface area (Å²) in [5, 5.41) is 0. The van der Waals surface area contributed by atoms with Crippen molar-refractivity contribution in [3.8, 4) is 0 Å². The molecule has 0 aliphatic rings. The average molecular weight is 623 g/mol. The second-order valence-corrected chi connectivity index (χ2v) is 14.6. The van der Waals surface area contributed by atoms with Crippen molar-refractivity contribution in [2.75, 3.05) is 20.1 Å². The summed E-state index contributed by atoms with van der Waals surface area (Å²) in [6, 6.07) is 11.3. The lowest BCUT2D eigenvalue weighted by molar-refractivity contribution is -0.923. The van der Waals surface area contributed by atoms with Crippen LogP contribution in [-0.4, -0.2) is 24.6 Å². The van der Waals surface area contributed by atoms with Crippen LogP contribution in [0.1, 0.15) is 199 Å². The monoisotopic (exact) mass is 623 g/mol. The first-order valence-electron chi connectivity index (χ1n) is 20.4. The maximum atomic E-state index is 2.53. The Kier molecular flexibility index (Phi) is 30.2. The van der Waals surface area contributed by atoms with Crippen LogP contribution in [-0.2, 0) is 6.54 Å². The van der Waals surface area contributed by atoms with Crippen LogP contribution in [0.2, 0.25) is 0 Å². The van der Waals surface area contributed by atoms with Crippen molar-refractivity contribution in [1.82, 2.24) is 0 Å². The summed E-state index contributed by atoms with van der Waals surface area (Å²) in [5.41, 5.74) is 1.51. The van der Waals surface area contributed by atoms with E-state index in [4.69, 9.17) is 0 Å². The summed E-state index contributed by atoms with van der Waals surface area (Å²) in [4.78, 5) is 0. The summed E-state index contributed by atoms with van der Waals surface area (Å²) in [7, 11) is 2.53. The number of unbranched alkanes of at least 4 members (excludes halogenated alkanes) is 24. The van der Waals surface area contributed by atoms with Gasteiger partial charge in [-0.05, 0) is 77.0 Å². The maximum Gasteiger partial charge on any atom is 0.104 e. The summed E-state index contributed by atoms with van der Waals surface area (Å²) in [6.07, 6.45) is 48.7. The molecule has 1 aromatic rings. The van der Waals surface area contributed by atoms with Gasteiger partial charge in [0.1, 0.15) is 6.54 Å². The smallest absolute Gasteiger partial charge is 0.104 e. The minimum atomic E-state index is 1.19. The van der Waals surface area contributed by atoms with E-state index >= 15 is 0 Å². The molecule has 0 heterocycles. The zero-order valence-electron chi connectivity index (χ0n) is 31.1. The van der Waals surface area contributed by atoms with Crippen LogP contribution in [0.25, 0.3) is 0 Å². The third-order valence-corrected chi connectivity index (χ3v) is 9.83. The van der Waals surface area contributed by atoms with Crippen LogP contribution in [0.5, 0.6) is 0 Å². The van der Waals surface area contributed by atoms with Crippen molar-refractivity contribution in [2.24, 2.45) is 0 Å². The molecular formula is C44H80N+. The van der Waals surface area contributed by atoms with Gasteiger partial charge in [-0.15, -0.1) is 0 Å². The van der Waals surface area contributed by atoms with Crippen LogP contribution >= 0.6 is 0 Å². The van der Waals surface area contributed by atoms with Gasteiger partial charge >= 0.3 is 0 Å². The molecule has 0 bridgehead atoms. The van der Waals surface area contributed by atoms with Gasteiger partial charge in [0.2, 0.25) is 0 Å². The molecule has 260 valence electrons. The van der Waals surface area contributed by atoms with E-state index in [2.05, 4.69) is 75.5 Å². The van der Waals surface area contributed by atoms with Crippen LogP contribution in [0.15, 0.2) is 54.6 Å². The topological polar surface area (TPSA) is 0 Å². The lowest BCUT2D eigenvalue weighted by atomic mass is 10.1. The van der Waals surface area contributed by atoms with Crippen LogP contribution in [0, 0.1) is 0 Å². The number of hydrogen-bond acceptors (Lipinski definition) is 0. The van der Waals surface area contributed by atoms with Gasteiger partial charge in [0.25, 0.3) is 0 Å². The number of allylic oxidation sites excluding steroid dienone is 4. The number of hydrogen-bond donors (Lipinski definition) is 0. The third-order valence-electron chi connectivity index (χ3n) is 9.83. The average Bonchev–Trinajstić information content (AvgIpc) is 3.05. The summed E-state index contributed by atoms with van der Waals surface area (Å²) < 4.78 is 1.22. The lowest BCUT2D eigenvalue weighted by Crippen LogP contribution is -2.44. The highest BCUT2D eigenvalue weighted by atomic mass is 15.3. The minimum Gasteiger partial charge on any atom is -0.322 e. The fraction of sp³-hybridized carbons (Fsp3) is 0.773. The predicted molar refractivity (Wildman–Crippen MR) is 205 cm³/mol. The van der Waals surface area contributed by atoms with E-state index in [-0.39, 0.29) is 0 Å². The molecule has 0 fully saturated rings. The fourth-order valence-corrected chi connectivity index (χ4v) is 6.78. The molecule has 0 N–H and O–H groups in total. The Bertz CT molecular complexity index is 720. The molecule has 1 rings (SSSR count). The fourth-order valence-electron chi connectivity index (χ4n) is 6.78. The van der Waals surface area contributed by atoms with E-state index in [1.165, 1.54) is 209 Å². The van der Waals surface area contributed by atoms with Gasteiger partial charge in [-0.25, -0.2) is 0 Å². The van der Waals surface area contributed by atoms with E-state index < -0.39 is 0 Å². The Morgan fingerprint density at radius 2 is 0.711 bits per heavy atom. The van der Waals surface area contributed by atoms with E-state index in [0.717, 1.165) is 0 Å². The summed E-state index contributed by atoms with van der Waals surface area (Å²) in [5.74, 6) is 0. The van der Waals surface area contributed by atoms with Gasteiger partial charge in [0.15, 0.2) is 0 Å². The van der Waals surface area contributed by atoms with Gasteiger partial charge < -0.3 is 4.48 Å². The molecule has 0 spiro atoms. The molecule has 0 saturated carbocycles. The molecule has 1 nitrogen and oxygen atoms in total. The van der Waals surface area contributed by atoms with E-state index in [1.807, 2.05) is 0 Å². The normalized spacial score (nSPS) is 12.2. The number of benzene rings is 1. The largest absolute Gasteiger partial charge is 0.322 e. The second kappa shape index (κ2) is 32.6. The third kappa shape index (κ3) is 28.6. The first-order valence-corrected chi connectivity index (χ1v) is 20.4. The van der Waals surface area contributed by atoms with Crippen molar-refractivity contribution in [3.05, 3.63) is 60.2 Å². The lowest BCUT2D eigenvalue weighted by Gasteiger charge is -2.35. The zero-order valence-corrected chi connectivity index (χ0v) is 31.1. The SMILES string of the molecule is CCCCCCCC/C=C\CCCCCCCC[N+](C)(CCCCCCCC/C=C\CCCCCCCC)Cc1ccccc1. The van der Waals surface area contributed by atoms with Crippen molar-refractivity contribution in [1.29, 1.82) is 0 Å². The molecule has 0 aromatic heterocycles. The molecule has 0 unspecified atom stereocenters. The molecule has 0 atom stereocenters. The molecular weight excluding hydrogens is 542 g/mol. The highest BCUT2D eigenvalue weighted by Crippen LogP contribution is 2.18. The number of rotatable bonds is 34. The number of nitrogens with zero attached hydrogens (tertiary/aromatic N) is 1. The Morgan fingerprint density at radius 3 is 1.07 bits per heavy atom. The highest BCUT2D eigenvalue weighted by Gasteiger charge is 2.21. The quantitative estimate of drug-likeness (QED) is 0.0407. The summed E-state index contributed by atoms with van der Waals surface area (Å²) in [6.45, 7) is 8.46. The molecule has 0 aliphatic carbocycles. The predicted octanol–water partition coefficient (Wildman–Crippen LogP) is 14.7. The summed E-state index contributed by atoms with van der Waals surface area (Å²) >= 11 is 0. The van der Waals surface area contributed by atoms with Crippen molar-refractivity contribution >= 4 is 0 Å². The molecule has 0 saturated heterocycles. The molecule has 0 radical (unpaired) electrons. The van der Waals surface area contributed by atoms with Gasteiger partial charge in [-0.2, -0.15) is 0 Å². The zero-order chi connectivity index (χ0) is 32.4. The van der Waals surface area contributed by atoms with Crippen LogP contribution in [0.4, 0.5) is 0 Å². The van der Waals surface area contributed by atoms with Crippen molar-refractivity contribution in [2.45, 2.75) is 200 Å². The minimum absolute atomic E-state index is 1.19. The van der Waals surface area contributed by atoms with Crippen LogP contribution < -0.4 is 0 Å². The molecule has 1 heteroatoms. The van der Waals surface area contributed by atoms with Gasteiger partial charge in [0, 0.05) is 5.56 Å². The molecule has 45 heavy (non-hydrogen) atoms. The second-order valence-electron chi connectivity index (χ2n) is 14.6.